The van der Waals surface area contributed by atoms with Gasteiger partial charge in [-0.1, -0.05) is 18.2 Å². The molecule has 29 heavy (non-hydrogen) atoms. The minimum atomic E-state index is 0.781. The highest BCUT2D eigenvalue weighted by Gasteiger charge is 2.13. The van der Waals surface area contributed by atoms with Crippen molar-refractivity contribution in [2.75, 3.05) is 20.1 Å². The lowest BCUT2D eigenvalue weighted by Gasteiger charge is -2.16. The molecule has 0 radical (unpaired) electrons. The third-order valence-corrected chi connectivity index (χ3v) is 5.72. The van der Waals surface area contributed by atoms with Crippen molar-refractivity contribution >= 4 is 21.9 Å². The Morgan fingerprint density at radius 3 is 2.69 bits per heavy atom. The summed E-state index contributed by atoms with van der Waals surface area (Å²) in [5.74, 6) is 0. The molecule has 1 aliphatic heterocycles. The average Bonchev–Trinajstić information content (AvgIpc) is 3.37. The van der Waals surface area contributed by atoms with Gasteiger partial charge in [0.15, 0.2) is 0 Å². The third-order valence-electron chi connectivity index (χ3n) is 5.72. The second-order valence-corrected chi connectivity index (χ2v) is 8.22. The van der Waals surface area contributed by atoms with E-state index in [0.717, 1.165) is 36.4 Å². The number of rotatable bonds is 6. The summed E-state index contributed by atoms with van der Waals surface area (Å²) in [4.78, 5) is 17.7. The molecule has 5 nitrogen and oxygen atoms in total. The van der Waals surface area contributed by atoms with Gasteiger partial charge in [0, 0.05) is 36.2 Å². The molecule has 0 atom stereocenters. The first kappa shape index (κ1) is 18.3. The largest absolute Gasteiger partial charge is 0.357 e. The molecule has 1 N–H and O–H groups in total. The van der Waals surface area contributed by atoms with E-state index in [1.807, 2.05) is 30.5 Å². The van der Waals surface area contributed by atoms with Crippen LogP contribution in [0.4, 0.5) is 0 Å². The summed E-state index contributed by atoms with van der Waals surface area (Å²) in [6, 6.07) is 17.1. The average molecular weight is 386 g/mol. The number of para-hydroxylation sites is 2. The standard InChI is InChI=1S/C24H27N5/c1-28(16-21-14-25-23-6-2-3-7-24(23)27-21)15-18-8-9-22-19(12-18)13-20(26-22)17-29-10-4-5-11-29/h2-3,6-9,12-14,26H,4-5,10-11,15-17H2,1H3. The van der Waals surface area contributed by atoms with Gasteiger partial charge in [-0.3, -0.25) is 14.8 Å². The van der Waals surface area contributed by atoms with Crippen LogP contribution >= 0.6 is 0 Å². The SMILES string of the molecule is CN(Cc1ccc2[nH]c(CN3CCCC3)cc2c1)Cc1cnc2ccccc2n1. The molecule has 5 rings (SSSR count). The number of likely N-dealkylation sites (tertiary alicyclic amines) is 1. The van der Waals surface area contributed by atoms with Crippen LogP contribution in [-0.2, 0) is 19.6 Å². The highest BCUT2D eigenvalue weighted by Crippen LogP contribution is 2.21. The molecule has 3 heterocycles. The van der Waals surface area contributed by atoms with Crippen molar-refractivity contribution in [3.8, 4) is 0 Å². The van der Waals surface area contributed by atoms with E-state index in [0.29, 0.717) is 0 Å². The summed E-state index contributed by atoms with van der Waals surface area (Å²) in [6.45, 7) is 5.15. The van der Waals surface area contributed by atoms with E-state index < -0.39 is 0 Å². The Balaban J connectivity index is 1.27. The Morgan fingerprint density at radius 2 is 1.83 bits per heavy atom. The lowest BCUT2D eigenvalue weighted by molar-refractivity contribution is 0.315. The normalized spacial score (nSPS) is 15.1. The van der Waals surface area contributed by atoms with Crippen molar-refractivity contribution in [1.29, 1.82) is 0 Å². The predicted molar refractivity (Wildman–Crippen MR) is 118 cm³/mol. The Labute approximate surface area is 171 Å². The Hall–Kier alpha value is -2.76. The van der Waals surface area contributed by atoms with Gasteiger partial charge in [0.25, 0.3) is 0 Å². The Morgan fingerprint density at radius 1 is 1.00 bits per heavy atom. The monoisotopic (exact) mass is 385 g/mol. The van der Waals surface area contributed by atoms with Gasteiger partial charge in [0.2, 0.25) is 0 Å². The Kier molecular flexibility index (Phi) is 5.00. The second kappa shape index (κ2) is 7.93. The van der Waals surface area contributed by atoms with Crippen molar-refractivity contribution in [3.05, 3.63) is 71.7 Å². The number of aromatic amines is 1. The van der Waals surface area contributed by atoms with E-state index in [9.17, 15) is 0 Å². The van der Waals surface area contributed by atoms with Crippen molar-refractivity contribution in [1.82, 2.24) is 24.8 Å². The molecule has 2 aromatic heterocycles. The maximum absolute atomic E-state index is 4.75. The molecule has 1 saturated heterocycles. The van der Waals surface area contributed by atoms with Gasteiger partial charge in [-0.2, -0.15) is 0 Å². The fraction of sp³-hybridized carbons (Fsp3) is 0.333. The number of hydrogen-bond donors (Lipinski definition) is 1. The molecular formula is C24H27N5. The van der Waals surface area contributed by atoms with Crippen LogP contribution in [0.2, 0.25) is 0 Å². The van der Waals surface area contributed by atoms with Crippen LogP contribution < -0.4 is 0 Å². The zero-order valence-electron chi connectivity index (χ0n) is 16.9. The minimum absolute atomic E-state index is 0.781. The summed E-state index contributed by atoms with van der Waals surface area (Å²) >= 11 is 0. The van der Waals surface area contributed by atoms with Crippen LogP contribution in [0.15, 0.2) is 54.7 Å². The molecule has 4 aromatic rings. The van der Waals surface area contributed by atoms with Crippen molar-refractivity contribution < 1.29 is 0 Å². The van der Waals surface area contributed by atoms with Crippen molar-refractivity contribution in [3.63, 3.8) is 0 Å². The van der Waals surface area contributed by atoms with Crippen molar-refractivity contribution in [2.24, 2.45) is 0 Å². The fourth-order valence-electron chi connectivity index (χ4n) is 4.32. The number of H-pyrrole nitrogens is 1. The first-order valence-electron chi connectivity index (χ1n) is 10.4. The van der Waals surface area contributed by atoms with Gasteiger partial charge >= 0.3 is 0 Å². The maximum Gasteiger partial charge on any atom is 0.0890 e. The molecule has 1 fully saturated rings. The quantitative estimate of drug-likeness (QED) is 0.536. The zero-order valence-corrected chi connectivity index (χ0v) is 16.9. The van der Waals surface area contributed by atoms with E-state index in [2.05, 4.69) is 51.1 Å². The predicted octanol–water partition coefficient (Wildman–Crippen LogP) is 4.34. The lowest BCUT2D eigenvalue weighted by Crippen LogP contribution is -2.18. The number of nitrogens with zero attached hydrogens (tertiary/aromatic N) is 4. The first-order valence-corrected chi connectivity index (χ1v) is 10.4. The van der Waals surface area contributed by atoms with Crippen LogP contribution in [0.3, 0.4) is 0 Å². The zero-order chi connectivity index (χ0) is 19.6. The van der Waals surface area contributed by atoms with Crippen LogP contribution in [0.1, 0.15) is 29.8 Å². The third kappa shape index (κ3) is 4.16. The summed E-state index contributed by atoms with van der Waals surface area (Å²) in [5.41, 5.74) is 6.77. The number of benzene rings is 2. The molecule has 0 unspecified atom stereocenters. The number of fused-ring (bicyclic) bond motifs is 2. The highest BCUT2D eigenvalue weighted by molar-refractivity contribution is 5.81. The topological polar surface area (TPSA) is 48.1 Å². The van der Waals surface area contributed by atoms with E-state index in [-0.39, 0.29) is 0 Å². The van der Waals surface area contributed by atoms with E-state index >= 15 is 0 Å². The van der Waals surface area contributed by atoms with Crippen LogP contribution in [-0.4, -0.2) is 44.9 Å². The molecule has 0 amide bonds. The minimum Gasteiger partial charge on any atom is -0.357 e. The first-order chi connectivity index (χ1) is 14.2. The van der Waals surface area contributed by atoms with Gasteiger partial charge < -0.3 is 4.98 Å². The number of hydrogen-bond acceptors (Lipinski definition) is 4. The molecule has 0 aliphatic carbocycles. The van der Waals surface area contributed by atoms with Crippen LogP contribution in [0, 0.1) is 0 Å². The summed E-state index contributed by atoms with van der Waals surface area (Å²) in [5, 5.41) is 1.30. The smallest absolute Gasteiger partial charge is 0.0890 e. The van der Waals surface area contributed by atoms with E-state index in [1.54, 1.807) is 0 Å². The van der Waals surface area contributed by atoms with Gasteiger partial charge in [0.1, 0.15) is 0 Å². The van der Waals surface area contributed by atoms with E-state index in [4.69, 9.17) is 4.98 Å². The molecule has 0 saturated carbocycles. The maximum atomic E-state index is 4.75. The van der Waals surface area contributed by atoms with Gasteiger partial charge in [-0.15, -0.1) is 0 Å². The van der Waals surface area contributed by atoms with Gasteiger partial charge in [-0.25, -0.2) is 4.98 Å². The molecule has 2 aromatic carbocycles. The molecule has 0 spiro atoms. The van der Waals surface area contributed by atoms with Crippen LogP contribution in [0.5, 0.6) is 0 Å². The second-order valence-electron chi connectivity index (χ2n) is 8.22. The van der Waals surface area contributed by atoms with Gasteiger partial charge in [0.05, 0.1) is 22.9 Å². The molecule has 1 aliphatic rings. The fourth-order valence-corrected chi connectivity index (χ4v) is 4.32. The molecule has 148 valence electrons. The molecule has 0 bridgehead atoms. The summed E-state index contributed by atoms with van der Waals surface area (Å²) in [7, 11) is 2.14. The summed E-state index contributed by atoms with van der Waals surface area (Å²) in [6.07, 6.45) is 4.55. The van der Waals surface area contributed by atoms with Gasteiger partial charge in [-0.05, 0) is 68.9 Å². The number of nitrogens with one attached hydrogen (secondary N) is 1. The number of aromatic nitrogens is 3. The van der Waals surface area contributed by atoms with E-state index in [1.165, 1.54) is 48.1 Å². The molecule has 5 heteroatoms. The lowest BCUT2D eigenvalue weighted by atomic mass is 10.1. The Bertz CT molecular complexity index is 1130. The van der Waals surface area contributed by atoms with Crippen LogP contribution in [0.25, 0.3) is 21.9 Å². The summed E-state index contributed by atoms with van der Waals surface area (Å²) < 4.78 is 0. The van der Waals surface area contributed by atoms with Crippen molar-refractivity contribution in [2.45, 2.75) is 32.5 Å². The molecular weight excluding hydrogens is 358 g/mol. The highest BCUT2D eigenvalue weighted by atomic mass is 15.1.